The molecule has 2 N–H and O–H groups in total. The molecule has 8 heteroatoms. The molecule has 2 heterocycles. The van der Waals surface area contributed by atoms with Crippen LogP contribution in [0, 0.1) is 17.8 Å². The van der Waals surface area contributed by atoms with Crippen molar-refractivity contribution in [1.82, 2.24) is 14.8 Å². The average Bonchev–Trinajstić information content (AvgIpc) is 2.68. The normalized spacial score (nSPS) is 20.9. The zero-order chi connectivity index (χ0) is 21.7. The Bertz CT molecular complexity index is 814. The predicted molar refractivity (Wildman–Crippen MR) is 107 cm³/mol. The molecule has 1 aromatic rings. The Morgan fingerprint density at radius 3 is 2.76 bits per heavy atom. The van der Waals surface area contributed by atoms with Gasteiger partial charge in [-0.3, -0.25) is 9.59 Å². The molecule has 0 aromatic carbocycles. The van der Waals surface area contributed by atoms with Crippen molar-refractivity contribution in [3.05, 3.63) is 23.4 Å². The van der Waals surface area contributed by atoms with Crippen LogP contribution in [0.3, 0.4) is 0 Å². The van der Waals surface area contributed by atoms with Crippen molar-refractivity contribution < 1.29 is 24.5 Å². The summed E-state index contributed by atoms with van der Waals surface area (Å²) in [6.45, 7) is 7.27. The minimum absolute atomic E-state index is 0.0866. The van der Waals surface area contributed by atoms with Crippen LogP contribution >= 0.6 is 0 Å². The molecule has 2 amide bonds. The third kappa shape index (κ3) is 5.68. The van der Waals surface area contributed by atoms with Crippen LogP contribution in [-0.4, -0.2) is 81.8 Å². The monoisotopic (exact) mass is 403 g/mol. The van der Waals surface area contributed by atoms with E-state index in [1.807, 2.05) is 6.92 Å². The SMILES string of the molecule is CC(=O)N(C)C[C@@H]1Oc2ncc(C#C[C@@H](C)O)cc2C(=O)N([C@@H](C)CO)C[C@@H]1C. The van der Waals surface area contributed by atoms with Crippen molar-refractivity contribution in [2.24, 2.45) is 5.92 Å². The topological polar surface area (TPSA) is 103 Å². The lowest BCUT2D eigenvalue weighted by molar-refractivity contribution is -0.129. The first kappa shape index (κ1) is 22.7. The number of aliphatic hydroxyl groups is 2. The van der Waals surface area contributed by atoms with Gasteiger partial charge in [-0.25, -0.2) is 4.98 Å². The number of aliphatic hydroxyl groups excluding tert-OH is 2. The van der Waals surface area contributed by atoms with E-state index in [0.29, 0.717) is 18.7 Å². The fourth-order valence-corrected chi connectivity index (χ4v) is 2.97. The van der Waals surface area contributed by atoms with Gasteiger partial charge in [0, 0.05) is 38.2 Å². The van der Waals surface area contributed by atoms with E-state index in [0.717, 1.165) is 0 Å². The Hall–Kier alpha value is -2.63. The molecule has 0 saturated carbocycles. The van der Waals surface area contributed by atoms with Crippen LogP contribution in [0.2, 0.25) is 0 Å². The second kappa shape index (κ2) is 9.72. The van der Waals surface area contributed by atoms with Gasteiger partial charge in [0.15, 0.2) is 0 Å². The van der Waals surface area contributed by atoms with E-state index in [-0.39, 0.29) is 41.9 Å². The number of ether oxygens (including phenoxy) is 1. The minimum Gasteiger partial charge on any atom is -0.472 e. The molecular weight excluding hydrogens is 374 g/mol. The van der Waals surface area contributed by atoms with Crippen molar-refractivity contribution in [2.75, 3.05) is 26.7 Å². The smallest absolute Gasteiger partial charge is 0.259 e. The molecule has 8 nitrogen and oxygen atoms in total. The molecule has 0 spiro atoms. The first-order valence-electron chi connectivity index (χ1n) is 9.63. The summed E-state index contributed by atoms with van der Waals surface area (Å²) in [6.07, 6.45) is 0.299. The lowest BCUT2D eigenvalue weighted by atomic mass is 10.00. The average molecular weight is 403 g/mol. The van der Waals surface area contributed by atoms with E-state index < -0.39 is 12.1 Å². The van der Waals surface area contributed by atoms with Gasteiger partial charge >= 0.3 is 0 Å². The van der Waals surface area contributed by atoms with Gasteiger partial charge in [0.25, 0.3) is 5.91 Å². The van der Waals surface area contributed by atoms with Crippen LogP contribution < -0.4 is 4.74 Å². The molecule has 1 aliphatic heterocycles. The van der Waals surface area contributed by atoms with Gasteiger partial charge in [-0.05, 0) is 19.9 Å². The van der Waals surface area contributed by atoms with Gasteiger partial charge in [0.2, 0.25) is 11.8 Å². The Morgan fingerprint density at radius 2 is 2.17 bits per heavy atom. The zero-order valence-electron chi connectivity index (χ0n) is 17.5. The van der Waals surface area contributed by atoms with Crippen molar-refractivity contribution in [3.63, 3.8) is 0 Å². The number of rotatable bonds is 4. The lowest BCUT2D eigenvalue weighted by Crippen LogP contribution is -2.50. The second-order valence-electron chi connectivity index (χ2n) is 7.54. The van der Waals surface area contributed by atoms with Crippen molar-refractivity contribution in [1.29, 1.82) is 0 Å². The van der Waals surface area contributed by atoms with Gasteiger partial charge in [0.1, 0.15) is 17.8 Å². The number of carbonyl (C=O) groups excluding carboxylic acids is 2. The third-order valence-electron chi connectivity index (χ3n) is 4.94. The van der Waals surface area contributed by atoms with E-state index in [2.05, 4.69) is 16.8 Å². The van der Waals surface area contributed by atoms with Gasteiger partial charge in [-0.2, -0.15) is 0 Å². The number of fused-ring (bicyclic) bond motifs is 1. The maximum absolute atomic E-state index is 13.2. The van der Waals surface area contributed by atoms with Gasteiger partial charge < -0.3 is 24.7 Å². The molecule has 0 unspecified atom stereocenters. The van der Waals surface area contributed by atoms with E-state index in [1.54, 1.807) is 36.8 Å². The number of hydrogen-bond acceptors (Lipinski definition) is 6. The second-order valence-corrected chi connectivity index (χ2v) is 7.54. The Morgan fingerprint density at radius 1 is 1.48 bits per heavy atom. The summed E-state index contributed by atoms with van der Waals surface area (Å²) in [5.74, 6) is 5.09. The van der Waals surface area contributed by atoms with E-state index in [4.69, 9.17) is 4.74 Å². The Balaban J connectivity index is 2.49. The number of aromatic nitrogens is 1. The first-order chi connectivity index (χ1) is 13.6. The molecule has 158 valence electrons. The largest absolute Gasteiger partial charge is 0.472 e. The Labute approximate surface area is 171 Å². The minimum atomic E-state index is -0.804. The molecule has 29 heavy (non-hydrogen) atoms. The summed E-state index contributed by atoms with van der Waals surface area (Å²) in [5.41, 5.74) is 0.717. The molecule has 1 aliphatic rings. The molecule has 1 aromatic heterocycles. The highest BCUT2D eigenvalue weighted by atomic mass is 16.5. The zero-order valence-corrected chi connectivity index (χ0v) is 17.5. The maximum atomic E-state index is 13.2. The summed E-state index contributed by atoms with van der Waals surface area (Å²) in [5, 5.41) is 19.0. The van der Waals surface area contributed by atoms with Crippen LogP contribution in [0.4, 0.5) is 0 Å². The first-order valence-corrected chi connectivity index (χ1v) is 9.63. The van der Waals surface area contributed by atoms with Gasteiger partial charge in [-0.15, -0.1) is 0 Å². The van der Waals surface area contributed by atoms with Gasteiger partial charge in [0.05, 0.1) is 19.2 Å². The number of pyridine rings is 1. The Kier molecular flexibility index (Phi) is 7.59. The fourth-order valence-electron chi connectivity index (χ4n) is 2.97. The highest BCUT2D eigenvalue weighted by Crippen LogP contribution is 2.27. The summed E-state index contributed by atoms with van der Waals surface area (Å²) in [7, 11) is 1.69. The number of likely N-dealkylation sites (N-methyl/N-ethyl adjacent to an activating group) is 1. The molecule has 2 rings (SSSR count). The third-order valence-corrected chi connectivity index (χ3v) is 4.94. The molecule has 0 fully saturated rings. The molecule has 0 bridgehead atoms. The van der Waals surface area contributed by atoms with Crippen LogP contribution in [0.5, 0.6) is 5.88 Å². The highest BCUT2D eigenvalue weighted by Gasteiger charge is 2.34. The number of nitrogens with zero attached hydrogens (tertiary/aromatic N) is 3. The summed E-state index contributed by atoms with van der Waals surface area (Å²) in [4.78, 5) is 32.3. The van der Waals surface area contributed by atoms with Crippen molar-refractivity contribution in [2.45, 2.75) is 45.9 Å². The molecular formula is C21H29N3O5. The highest BCUT2D eigenvalue weighted by molar-refractivity contribution is 5.97. The van der Waals surface area contributed by atoms with Crippen molar-refractivity contribution in [3.8, 4) is 17.7 Å². The van der Waals surface area contributed by atoms with E-state index in [9.17, 15) is 19.8 Å². The van der Waals surface area contributed by atoms with Crippen LogP contribution in [0.25, 0.3) is 0 Å². The van der Waals surface area contributed by atoms with Crippen molar-refractivity contribution >= 4 is 11.8 Å². The maximum Gasteiger partial charge on any atom is 0.259 e. The number of hydrogen-bond donors (Lipinski definition) is 2. The van der Waals surface area contributed by atoms with E-state index >= 15 is 0 Å². The summed E-state index contributed by atoms with van der Waals surface area (Å²) < 4.78 is 6.07. The number of carbonyl (C=O) groups is 2. The van der Waals surface area contributed by atoms with Crippen LogP contribution in [-0.2, 0) is 4.79 Å². The lowest BCUT2D eigenvalue weighted by Gasteiger charge is -2.37. The predicted octanol–water partition coefficient (Wildman–Crippen LogP) is 0.512. The molecule has 0 radical (unpaired) electrons. The summed E-state index contributed by atoms with van der Waals surface area (Å²) >= 11 is 0. The molecule has 0 saturated heterocycles. The van der Waals surface area contributed by atoms with Crippen LogP contribution in [0.1, 0.15) is 43.6 Å². The van der Waals surface area contributed by atoms with E-state index in [1.165, 1.54) is 13.1 Å². The molecule has 4 atom stereocenters. The quantitative estimate of drug-likeness (QED) is 0.710. The number of amides is 2. The standard InChI is InChI=1S/C21H29N3O5/c1-13-10-24(14(2)12-25)21(28)18-8-17(7-6-15(3)26)9-22-20(18)29-19(13)11-23(5)16(4)27/h8-9,13-15,19,25-26H,10-12H2,1-5H3/t13-,14-,15+,19-/m0/s1. The molecule has 0 aliphatic carbocycles. The van der Waals surface area contributed by atoms with Gasteiger partial charge in [-0.1, -0.05) is 18.8 Å². The fraction of sp³-hybridized carbons (Fsp3) is 0.571. The van der Waals surface area contributed by atoms with Crippen LogP contribution in [0.15, 0.2) is 12.3 Å². The summed E-state index contributed by atoms with van der Waals surface area (Å²) in [6, 6.07) is 1.19.